The molecule has 10 heteroatoms. The molecule has 1 fully saturated rings. The fraction of sp³-hybridized carbons (Fsp3) is 0.407. The summed E-state index contributed by atoms with van der Waals surface area (Å²) in [4.78, 5) is 43.7. The average molecular weight is 505 g/mol. The van der Waals surface area contributed by atoms with Crippen LogP contribution < -0.4 is 5.32 Å². The van der Waals surface area contributed by atoms with Gasteiger partial charge < -0.3 is 25.1 Å². The Labute approximate surface area is 215 Å². The summed E-state index contributed by atoms with van der Waals surface area (Å²) in [6, 6.07) is 8.67. The van der Waals surface area contributed by atoms with Gasteiger partial charge in [-0.15, -0.1) is 0 Å². The average Bonchev–Trinajstić information content (AvgIpc) is 3.47. The number of nitrogens with one attached hydrogen (secondary N) is 2. The molecule has 0 unspecified atom stereocenters. The lowest BCUT2D eigenvalue weighted by atomic mass is 10.1. The van der Waals surface area contributed by atoms with Gasteiger partial charge in [-0.05, 0) is 56.3 Å². The molecule has 3 N–H and O–H groups in total. The van der Waals surface area contributed by atoms with Crippen LogP contribution in [0.1, 0.15) is 56.8 Å². The Balaban J connectivity index is 1.32. The first-order valence-corrected chi connectivity index (χ1v) is 12.6. The lowest BCUT2D eigenvalue weighted by Crippen LogP contribution is -2.34. The largest absolute Gasteiger partial charge is 0.507 e. The number of amides is 3. The number of hydrogen-bond acceptors (Lipinski definition) is 6. The van der Waals surface area contributed by atoms with E-state index in [0.717, 1.165) is 30.5 Å². The Morgan fingerprint density at radius 2 is 1.95 bits per heavy atom. The van der Waals surface area contributed by atoms with Crippen molar-refractivity contribution in [3.8, 4) is 5.75 Å². The summed E-state index contributed by atoms with van der Waals surface area (Å²) in [5.41, 5.74) is 3.94. The van der Waals surface area contributed by atoms with Gasteiger partial charge >= 0.3 is 0 Å². The molecular formula is C27H32N6O4. The minimum absolute atomic E-state index is 0.109. The van der Waals surface area contributed by atoms with Crippen LogP contribution >= 0.6 is 0 Å². The highest BCUT2D eigenvalue weighted by Gasteiger charge is 2.28. The van der Waals surface area contributed by atoms with Crippen LogP contribution in [0.25, 0.3) is 10.9 Å². The minimum Gasteiger partial charge on any atom is -0.507 e. The van der Waals surface area contributed by atoms with Crippen LogP contribution in [0.5, 0.6) is 5.75 Å². The molecule has 3 amide bonds. The number of nitrogens with zero attached hydrogens (tertiary/aromatic N) is 4. The number of hydrogen-bond donors (Lipinski definition) is 3. The second-order valence-electron chi connectivity index (χ2n) is 10.1. The van der Waals surface area contributed by atoms with Gasteiger partial charge in [0, 0.05) is 56.2 Å². The highest BCUT2D eigenvalue weighted by Crippen LogP contribution is 2.31. The first-order chi connectivity index (χ1) is 17.8. The van der Waals surface area contributed by atoms with Crippen LogP contribution in [0.2, 0.25) is 0 Å². The number of phenols is 1. The van der Waals surface area contributed by atoms with E-state index in [0.29, 0.717) is 61.3 Å². The quantitative estimate of drug-likeness (QED) is 0.454. The topological polar surface area (TPSA) is 122 Å². The fourth-order valence-corrected chi connectivity index (χ4v) is 4.95. The van der Waals surface area contributed by atoms with Crippen molar-refractivity contribution in [3.63, 3.8) is 0 Å². The van der Waals surface area contributed by atoms with E-state index in [1.54, 1.807) is 21.9 Å². The molecule has 3 heterocycles. The molecule has 10 nitrogen and oxygen atoms in total. The summed E-state index contributed by atoms with van der Waals surface area (Å²) >= 11 is 0. The molecule has 1 aromatic heterocycles. The van der Waals surface area contributed by atoms with Crippen LogP contribution in [0.3, 0.4) is 0 Å². The number of aromatic hydroxyl groups is 1. The zero-order chi connectivity index (χ0) is 26.1. The van der Waals surface area contributed by atoms with Gasteiger partial charge in [0.1, 0.15) is 5.75 Å². The summed E-state index contributed by atoms with van der Waals surface area (Å²) in [5.74, 6) is -0.456. The zero-order valence-electron chi connectivity index (χ0n) is 21.2. The number of fused-ring (bicyclic) bond motifs is 2. The third-order valence-corrected chi connectivity index (χ3v) is 7.07. The minimum atomic E-state index is -0.297. The number of aromatic amines is 1. The van der Waals surface area contributed by atoms with Crippen LogP contribution in [0, 0.1) is 0 Å². The van der Waals surface area contributed by atoms with Gasteiger partial charge in [0.05, 0.1) is 23.3 Å². The predicted molar refractivity (Wildman–Crippen MR) is 138 cm³/mol. The summed E-state index contributed by atoms with van der Waals surface area (Å²) < 4.78 is 0. The van der Waals surface area contributed by atoms with Gasteiger partial charge in [-0.2, -0.15) is 5.10 Å². The summed E-state index contributed by atoms with van der Waals surface area (Å²) in [6.45, 7) is 3.11. The third kappa shape index (κ3) is 5.15. The number of rotatable bonds is 7. The lowest BCUT2D eigenvalue weighted by Gasteiger charge is -2.26. The molecule has 2 aromatic carbocycles. The van der Waals surface area contributed by atoms with Crippen molar-refractivity contribution >= 4 is 28.6 Å². The second-order valence-corrected chi connectivity index (χ2v) is 10.1. The van der Waals surface area contributed by atoms with E-state index in [4.69, 9.17) is 0 Å². The summed E-state index contributed by atoms with van der Waals surface area (Å²) in [5, 5.41) is 21.5. The molecule has 5 rings (SSSR count). The second kappa shape index (κ2) is 10.2. The van der Waals surface area contributed by atoms with Gasteiger partial charge in [-0.3, -0.25) is 19.5 Å². The molecule has 3 aromatic rings. The SMILES string of the molecule is CN(C)CCNC(=O)c1ccc2c(c1)CN(C(=O)c1cc3c(CN4CCCCC4=O)n[nH]c3cc1O)C2. The Morgan fingerprint density at radius 3 is 2.73 bits per heavy atom. The number of carbonyl (C=O) groups is 3. The number of benzene rings is 2. The maximum Gasteiger partial charge on any atom is 0.258 e. The van der Waals surface area contributed by atoms with E-state index < -0.39 is 0 Å². The van der Waals surface area contributed by atoms with Crippen molar-refractivity contribution in [2.45, 2.75) is 38.9 Å². The molecule has 0 saturated carbocycles. The normalized spacial score (nSPS) is 15.5. The fourth-order valence-electron chi connectivity index (χ4n) is 4.95. The van der Waals surface area contributed by atoms with E-state index in [-0.39, 0.29) is 29.0 Å². The van der Waals surface area contributed by atoms with Crippen molar-refractivity contribution in [3.05, 3.63) is 58.3 Å². The maximum atomic E-state index is 13.5. The summed E-state index contributed by atoms with van der Waals surface area (Å²) in [7, 11) is 3.90. The monoisotopic (exact) mass is 504 g/mol. The van der Waals surface area contributed by atoms with Crippen molar-refractivity contribution in [1.29, 1.82) is 0 Å². The van der Waals surface area contributed by atoms with Crippen LogP contribution in [-0.2, 0) is 24.4 Å². The number of likely N-dealkylation sites (N-methyl/N-ethyl adjacent to an activating group) is 1. The van der Waals surface area contributed by atoms with Crippen molar-refractivity contribution in [2.75, 3.05) is 33.7 Å². The van der Waals surface area contributed by atoms with Crippen LogP contribution in [0.15, 0.2) is 30.3 Å². The first-order valence-electron chi connectivity index (χ1n) is 12.6. The molecule has 0 bridgehead atoms. The molecule has 0 radical (unpaired) electrons. The zero-order valence-corrected chi connectivity index (χ0v) is 21.2. The van der Waals surface area contributed by atoms with E-state index in [1.165, 1.54) is 6.07 Å². The van der Waals surface area contributed by atoms with E-state index >= 15 is 0 Å². The van der Waals surface area contributed by atoms with E-state index in [2.05, 4.69) is 15.5 Å². The first kappa shape index (κ1) is 24.8. The molecule has 1 saturated heterocycles. The third-order valence-electron chi connectivity index (χ3n) is 7.07. The highest BCUT2D eigenvalue weighted by atomic mass is 16.3. The number of piperidine rings is 1. The standard InChI is InChI=1S/C27H32N6O4/c1-31(2)10-8-28-26(36)17-6-7-18-14-33(15-19(18)11-17)27(37)21-12-20-22(13-24(21)34)29-30-23(20)16-32-9-4-3-5-25(32)35/h6-7,11-13,34H,3-5,8-10,14-16H2,1-2H3,(H,28,36)(H,29,30). The molecule has 2 aliphatic heterocycles. The molecule has 194 valence electrons. The summed E-state index contributed by atoms with van der Waals surface area (Å²) in [6.07, 6.45) is 2.42. The number of aromatic nitrogens is 2. The highest BCUT2D eigenvalue weighted by molar-refractivity contribution is 6.01. The van der Waals surface area contributed by atoms with Gasteiger partial charge in [-0.25, -0.2) is 0 Å². The van der Waals surface area contributed by atoms with Gasteiger partial charge in [0.15, 0.2) is 0 Å². The maximum absolute atomic E-state index is 13.5. The Bertz CT molecular complexity index is 1360. The Kier molecular flexibility index (Phi) is 6.84. The van der Waals surface area contributed by atoms with Gasteiger partial charge in [-0.1, -0.05) is 6.07 Å². The van der Waals surface area contributed by atoms with Crippen LogP contribution in [0.4, 0.5) is 0 Å². The van der Waals surface area contributed by atoms with Crippen LogP contribution in [-0.4, -0.2) is 81.5 Å². The molecule has 0 spiro atoms. The predicted octanol–water partition coefficient (Wildman–Crippen LogP) is 2.23. The van der Waals surface area contributed by atoms with E-state index in [1.807, 2.05) is 31.1 Å². The molecule has 37 heavy (non-hydrogen) atoms. The molecular weight excluding hydrogens is 472 g/mol. The van der Waals surface area contributed by atoms with Crippen molar-refractivity contribution < 1.29 is 19.5 Å². The van der Waals surface area contributed by atoms with E-state index in [9.17, 15) is 19.5 Å². The molecule has 2 aliphatic rings. The molecule has 0 atom stereocenters. The van der Waals surface area contributed by atoms with Gasteiger partial charge in [0.2, 0.25) is 5.91 Å². The number of carbonyl (C=O) groups excluding carboxylic acids is 3. The smallest absolute Gasteiger partial charge is 0.258 e. The van der Waals surface area contributed by atoms with Crippen molar-refractivity contribution in [2.24, 2.45) is 0 Å². The Morgan fingerprint density at radius 1 is 1.14 bits per heavy atom. The molecule has 0 aliphatic carbocycles. The number of H-pyrrole nitrogens is 1. The Hall–Kier alpha value is -3.92. The number of likely N-dealkylation sites (tertiary alicyclic amines) is 1. The van der Waals surface area contributed by atoms with Crippen molar-refractivity contribution in [1.82, 2.24) is 30.2 Å². The lowest BCUT2D eigenvalue weighted by molar-refractivity contribution is -0.133. The van der Waals surface area contributed by atoms with Gasteiger partial charge in [0.25, 0.3) is 11.8 Å². The number of phenolic OH excluding ortho intramolecular Hbond substituents is 1.